The highest BCUT2D eigenvalue weighted by Gasteiger charge is 2.34. The third kappa shape index (κ3) is 2.72. The summed E-state index contributed by atoms with van der Waals surface area (Å²) in [5.74, 6) is 0.726. The maximum absolute atomic E-state index is 12.3. The van der Waals surface area contributed by atoms with Crippen molar-refractivity contribution in [1.29, 1.82) is 5.41 Å². The van der Waals surface area contributed by atoms with E-state index in [1.807, 2.05) is 0 Å². The number of carbonyl (C=O) groups is 1. The van der Waals surface area contributed by atoms with Crippen molar-refractivity contribution in [3.63, 3.8) is 0 Å². The zero-order chi connectivity index (χ0) is 16.6. The van der Waals surface area contributed by atoms with Gasteiger partial charge in [0.15, 0.2) is 5.84 Å². The summed E-state index contributed by atoms with van der Waals surface area (Å²) in [5, 5.41) is 14.9. The van der Waals surface area contributed by atoms with Crippen LogP contribution in [-0.4, -0.2) is 41.2 Å². The Balaban J connectivity index is 2.06. The van der Waals surface area contributed by atoms with Crippen molar-refractivity contribution in [2.24, 2.45) is 10.1 Å². The minimum atomic E-state index is -0.469. The van der Waals surface area contributed by atoms with E-state index in [0.29, 0.717) is 22.2 Å². The Labute approximate surface area is 137 Å². The van der Waals surface area contributed by atoms with Gasteiger partial charge in [-0.3, -0.25) is 10.2 Å². The Kier molecular flexibility index (Phi) is 3.91. The molecule has 23 heavy (non-hydrogen) atoms. The molecule has 0 saturated heterocycles. The van der Waals surface area contributed by atoms with E-state index in [9.17, 15) is 4.79 Å². The highest BCUT2D eigenvalue weighted by Crippen LogP contribution is 2.30. The van der Waals surface area contributed by atoms with Gasteiger partial charge in [-0.15, -0.1) is 0 Å². The summed E-state index contributed by atoms with van der Waals surface area (Å²) in [4.78, 5) is 16.2. The number of ether oxygens (including phenoxy) is 2. The average Bonchev–Trinajstić information content (AvgIpc) is 2.91. The summed E-state index contributed by atoms with van der Waals surface area (Å²) in [7, 11) is 3.10. The Morgan fingerprint density at radius 2 is 2.09 bits per heavy atom. The number of amidine groups is 2. The molecular weight excluding hydrogens is 316 g/mol. The molecule has 0 fully saturated rings. The molecule has 1 N–H and O–H groups in total. The highest BCUT2D eigenvalue weighted by molar-refractivity contribution is 8.26. The fourth-order valence-corrected chi connectivity index (χ4v) is 2.93. The Morgan fingerprint density at radius 3 is 2.78 bits per heavy atom. The summed E-state index contributed by atoms with van der Waals surface area (Å²) >= 11 is 1.27. The fourth-order valence-electron chi connectivity index (χ4n) is 2.20. The first kappa shape index (κ1) is 15.3. The van der Waals surface area contributed by atoms with Crippen molar-refractivity contribution < 1.29 is 14.3 Å². The molecule has 0 radical (unpaired) electrons. The molecule has 7 nitrogen and oxygen atoms in total. The zero-order valence-electron chi connectivity index (χ0n) is 12.8. The lowest BCUT2D eigenvalue weighted by Crippen LogP contribution is -2.35. The van der Waals surface area contributed by atoms with Gasteiger partial charge < -0.3 is 9.47 Å². The molecule has 2 heterocycles. The van der Waals surface area contributed by atoms with E-state index < -0.39 is 5.91 Å². The van der Waals surface area contributed by atoms with E-state index in [-0.39, 0.29) is 11.4 Å². The van der Waals surface area contributed by atoms with Gasteiger partial charge in [-0.1, -0.05) is 0 Å². The van der Waals surface area contributed by atoms with Crippen LogP contribution in [0.5, 0.6) is 11.5 Å². The molecule has 8 heteroatoms. The fraction of sp³-hybridized carbons (Fsp3) is 0.200. The Morgan fingerprint density at radius 1 is 1.30 bits per heavy atom. The van der Waals surface area contributed by atoms with Crippen molar-refractivity contribution in [3.05, 3.63) is 29.3 Å². The van der Waals surface area contributed by atoms with E-state index in [0.717, 1.165) is 5.04 Å². The van der Waals surface area contributed by atoms with Gasteiger partial charge in [0.2, 0.25) is 5.17 Å². The second kappa shape index (κ2) is 5.88. The second-order valence-corrected chi connectivity index (χ2v) is 5.91. The quantitative estimate of drug-likeness (QED) is 0.860. The summed E-state index contributed by atoms with van der Waals surface area (Å²) in [6, 6.07) is 5.24. The van der Waals surface area contributed by atoms with Crippen molar-refractivity contribution in [2.45, 2.75) is 6.92 Å². The molecule has 0 aliphatic carbocycles. The van der Waals surface area contributed by atoms with Crippen LogP contribution in [0.25, 0.3) is 6.08 Å². The number of rotatable bonds is 3. The van der Waals surface area contributed by atoms with E-state index in [1.165, 1.54) is 16.8 Å². The third-order valence-corrected chi connectivity index (χ3v) is 4.12. The largest absolute Gasteiger partial charge is 0.497 e. The number of thioether (sulfide) groups is 1. The highest BCUT2D eigenvalue weighted by atomic mass is 32.2. The molecule has 3 rings (SSSR count). The van der Waals surface area contributed by atoms with Gasteiger partial charge in [0, 0.05) is 5.56 Å². The van der Waals surface area contributed by atoms with Crippen LogP contribution >= 0.6 is 11.8 Å². The van der Waals surface area contributed by atoms with E-state index >= 15 is 0 Å². The molecule has 0 saturated carbocycles. The first-order valence-corrected chi connectivity index (χ1v) is 7.54. The molecule has 0 unspecified atom stereocenters. The number of nitrogens with zero attached hydrogens (tertiary/aromatic N) is 3. The summed E-state index contributed by atoms with van der Waals surface area (Å²) < 4.78 is 10.5. The summed E-state index contributed by atoms with van der Waals surface area (Å²) in [6.07, 6.45) is 1.57. The van der Waals surface area contributed by atoms with Gasteiger partial charge in [0.25, 0.3) is 5.91 Å². The maximum atomic E-state index is 12.3. The molecule has 0 bridgehead atoms. The number of amides is 1. The molecular formula is C15H14N4O3S. The predicted octanol–water partition coefficient (Wildman–Crippen LogP) is 2.34. The van der Waals surface area contributed by atoms with Gasteiger partial charge in [0.1, 0.15) is 11.5 Å². The van der Waals surface area contributed by atoms with Crippen LogP contribution in [0.3, 0.4) is 0 Å². The lowest BCUT2D eigenvalue weighted by Gasteiger charge is -2.20. The van der Waals surface area contributed by atoms with Crippen molar-refractivity contribution in [3.8, 4) is 11.5 Å². The van der Waals surface area contributed by atoms with Crippen LogP contribution in [0.15, 0.2) is 33.9 Å². The summed E-state index contributed by atoms with van der Waals surface area (Å²) in [5.41, 5.74) is 0.783. The number of fused-ring (bicyclic) bond motifs is 1. The van der Waals surface area contributed by atoms with Crippen LogP contribution in [0, 0.1) is 5.41 Å². The number of methoxy groups -OCH3 is 2. The van der Waals surface area contributed by atoms with Crippen LogP contribution in [0.2, 0.25) is 0 Å². The number of aliphatic imine (C=N–C) groups is 1. The molecule has 2 aliphatic heterocycles. The lowest BCUT2D eigenvalue weighted by molar-refractivity contribution is -0.114. The summed E-state index contributed by atoms with van der Waals surface area (Å²) in [6.45, 7) is 1.80. The van der Waals surface area contributed by atoms with Crippen molar-refractivity contribution in [2.75, 3.05) is 14.2 Å². The topological polar surface area (TPSA) is 87.3 Å². The number of carbonyl (C=O) groups excluding carboxylic acids is 1. The molecule has 1 amide bonds. The van der Waals surface area contributed by atoms with Crippen LogP contribution in [-0.2, 0) is 4.79 Å². The monoisotopic (exact) mass is 330 g/mol. The van der Waals surface area contributed by atoms with E-state index in [2.05, 4.69) is 10.1 Å². The van der Waals surface area contributed by atoms with E-state index in [1.54, 1.807) is 45.4 Å². The van der Waals surface area contributed by atoms with Crippen molar-refractivity contribution in [1.82, 2.24) is 5.01 Å². The van der Waals surface area contributed by atoms with Crippen LogP contribution in [0.1, 0.15) is 12.5 Å². The lowest BCUT2D eigenvalue weighted by atomic mass is 10.1. The maximum Gasteiger partial charge on any atom is 0.283 e. The molecule has 1 aromatic rings. The number of benzene rings is 1. The number of nitrogens with one attached hydrogen (secondary N) is 1. The second-order valence-electron chi connectivity index (χ2n) is 4.75. The third-order valence-electron chi connectivity index (χ3n) is 3.29. The SMILES string of the molecule is COc1ccc(OC)c(/C=C2\C(=N)N3N=C(C)SC3=NC2=O)c1. The van der Waals surface area contributed by atoms with Gasteiger partial charge in [-0.05, 0) is 43.0 Å². The van der Waals surface area contributed by atoms with Gasteiger partial charge in [-0.2, -0.15) is 15.1 Å². The van der Waals surface area contributed by atoms with E-state index in [4.69, 9.17) is 14.9 Å². The molecule has 0 atom stereocenters. The first-order valence-electron chi connectivity index (χ1n) is 6.72. The normalized spacial score (nSPS) is 18.7. The predicted molar refractivity (Wildman–Crippen MR) is 90.2 cm³/mol. The van der Waals surface area contributed by atoms with Gasteiger partial charge in [0.05, 0.1) is 24.8 Å². The smallest absolute Gasteiger partial charge is 0.283 e. The first-order chi connectivity index (χ1) is 11.0. The molecule has 118 valence electrons. The van der Waals surface area contributed by atoms with Gasteiger partial charge >= 0.3 is 0 Å². The minimum Gasteiger partial charge on any atom is -0.497 e. The number of hydrazone groups is 1. The Hall–Kier alpha value is -2.61. The molecule has 2 aliphatic rings. The molecule has 0 aromatic heterocycles. The van der Waals surface area contributed by atoms with Crippen LogP contribution in [0.4, 0.5) is 0 Å². The molecule has 1 aromatic carbocycles. The number of hydrogen-bond acceptors (Lipinski definition) is 6. The molecule has 0 spiro atoms. The zero-order valence-corrected chi connectivity index (χ0v) is 13.6. The standard InChI is InChI=1S/C15H14N4O3S/c1-8-18-19-13(16)11(14(20)17-15(19)23-8)7-9-6-10(21-2)4-5-12(9)22-3/h4-7,16H,1-3H3/b11-7+,16-13?. The average molecular weight is 330 g/mol. The minimum absolute atomic E-state index is 0.00535. The van der Waals surface area contributed by atoms with Crippen LogP contribution < -0.4 is 9.47 Å². The van der Waals surface area contributed by atoms with Gasteiger partial charge in [-0.25, -0.2) is 0 Å². The number of hydrogen-bond donors (Lipinski definition) is 1. The Bertz CT molecular complexity index is 798. The van der Waals surface area contributed by atoms with Crippen molar-refractivity contribution >= 4 is 39.8 Å².